The van der Waals surface area contributed by atoms with Crippen LogP contribution >= 0.6 is 15.6 Å². The van der Waals surface area contributed by atoms with Gasteiger partial charge in [0.05, 0.1) is 26.4 Å². The van der Waals surface area contributed by atoms with Gasteiger partial charge in [0.2, 0.25) is 0 Å². The van der Waals surface area contributed by atoms with Crippen LogP contribution in [0.2, 0.25) is 0 Å². The lowest BCUT2D eigenvalue weighted by atomic mass is 10.0. The zero-order valence-corrected chi connectivity index (χ0v) is 65.2. The summed E-state index contributed by atoms with van der Waals surface area (Å²) in [6, 6.07) is 0. The first-order valence-electron chi connectivity index (χ1n) is 40.5. The Balaban J connectivity index is 5.18. The Hall–Kier alpha value is -1.94. The summed E-state index contributed by atoms with van der Waals surface area (Å²) in [5.74, 6) is -0.496. The second kappa shape index (κ2) is 69.8. The number of unbranched alkanes of at least 4 members (excludes halogenated alkanes) is 47. The number of carbonyl (C=O) groups excluding carboxylic acids is 4. The van der Waals surface area contributed by atoms with Crippen LogP contribution in [0.3, 0.4) is 0 Å². The van der Waals surface area contributed by atoms with Gasteiger partial charge in [-0.15, -0.1) is 0 Å². The van der Waals surface area contributed by atoms with Gasteiger partial charge in [-0.2, -0.15) is 0 Å². The summed E-state index contributed by atoms with van der Waals surface area (Å²) in [5.41, 5.74) is 0. The maximum atomic E-state index is 13.1. The summed E-state index contributed by atoms with van der Waals surface area (Å²) in [6.07, 6.45) is 58.4. The summed E-state index contributed by atoms with van der Waals surface area (Å²) in [6.45, 7) is 9.64. The number of phosphoric ester groups is 2. The van der Waals surface area contributed by atoms with Gasteiger partial charge in [0.15, 0.2) is 12.2 Å². The Kier molecular flexibility index (Phi) is 68.4. The number of hydrogen-bond donors (Lipinski definition) is 3. The Morgan fingerprint density at radius 2 is 0.474 bits per heavy atom. The second-order valence-electron chi connectivity index (χ2n) is 29.1. The number of rotatable bonds is 77. The fraction of sp³-hybridized carbons (Fsp3) is 0.949. The molecule has 19 heteroatoms. The molecule has 0 aromatic heterocycles. The van der Waals surface area contributed by atoms with Gasteiger partial charge in [-0.3, -0.25) is 37.3 Å². The molecule has 576 valence electrons. The Morgan fingerprint density at radius 3 is 0.701 bits per heavy atom. The van der Waals surface area contributed by atoms with E-state index in [1.165, 1.54) is 218 Å². The van der Waals surface area contributed by atoms with Gasteiger partial charge in [0, 0.05) is 25.7 Å². The van der Waals surface area contributed by atoms with E-state index in [2.05, 4.69) is 41.5 Å². The van der Waals surface area contributed by atoms with Crippen LogP contribution in [0.1, 0.15) is 408 Å². The van der Waals surface area contributed by atoms with Crippen LogP contribution in [-0.2, 0) is 65.4 Å². The molecule has 0 fully saturated rings. The predicted octanol–water partition coefficient (Wildman–Crippen LogP) is 23.1. The van der Waals surface area contributed by atoms with Gasteiger partial charge in [0.25, 0.3) is 0 Å². The van der Waals surface area contributed by atoms with Crippen molar-refractivity contribution in [1.29, 1.82) is 0 Å². The number of ether oxygens (including phenoxy) is 4. The van der Waals surface area contributed by atoms with E-state index < -0.39 is 97.5 Å². The molecule has 17 nitrogen and oxygen atoms in total. The number of esters is 4. The van der Waals surface area contributed by atoms with Crippen LogP contribution in [0.15, 0.2) is 0 Å². The third-order valence-electron chi connectivity index (χ3n) is 18.2. The van der Waals surface area contributed by atoms with Crippen LogP contribution in [-0.4, -0.2) is 96.7 Å². The number of hydrogen-bond acceptors (Lipinski definition) is 15. The molecule has 0 aromatic rings. The fourth-order valence-corrected chi connectivity index (χ4v) is 13.6. The Labute approximate surface area is 594 Å². The normalized spacial score (nSPS) is 14.0. The van der Waals surface area contributed by atoms with E-state index in [9.17, 15) is 43.2 Å². The highest BCUT2D eigenvalue weighted by Crippen LogP contribution is 2.45. The van der Waals surface area contributed by atoms with Crippen molar-refractivity contribution in [2.75, 3.05) is 39.6 Å². The zero-order valence-electron chi connectivity index (χ0n) is 63.4. The molecule has 0 saturated carbocycles. The molecule has 97 heavy (non-hydrogen) atoms. The first-order valence-corrected chi connectivity index (χ1v) is 43.5. The molecule has 0 spiro atoms. The zero-order chi connectivity index (χ0) is 71.4. The molecule has 0 aliphatic carbocycles. The van der Waals surface area contributed by atoms with Gasteiger partial charge >= 0.3 is 39.5 Å². The summed E-state index contributed by atoms with van der Waals surface area (Å²) >= 11 is 0. The first kappa shape index (κ1) is 95.1. The van der Waals surface area contributed by atoms with Gasteiger partial charge in [0.1, 0.15) is 19.3 Å². The van der Waals surface area contributed by atoms with E-state index in [1.807, 2.05) is 0 Å². The van der Waals surface area contributed by atoms with Crippen molar-refractivity contribution in [1.82, 2.24) is 0 Å². The molecule has 2 unspecified atom stereocenters. The van der Waals surface area contributed by atoms with Crippen LogP contribution in [0.5, 0.6) is 0 Å². The molecule has 0 radical (unpaired) electrons. The van der Waals surface area contributed by atoms with E-state index in [4.69, 9.17) is 37.0 Å². The smallest absolute Gasteiger partial charge is 0.462 e. The van der Waals surface area contributed by atoms with Gasteiger partial charge < -0.3 is 33.8 Å². The van der Waals surface area contributed by atoms with Crippen molar-refractivity contribution in [2.45, 2.75) is 426 Å². The highest BCUT2D eigenvalue weighted by atomic mass is 31.2. The molecule has 0 aliphatic rings. The topological polar surface area (TPSA) is 237 Å². The number of aliphatic hydroxyl groups excluding tert-OH is 1. The van der Waals surface area contributed by atoms with Crippen molar-refractivity contribution >= 4 is 39.5 Å². The number of phosphoric acid groups is 2. The number of aliphatic hydroxyl groups is 1. The lowest BCUT2D eigenvalue weighted by Gasteiger charge is -2.21. The SMILES string of the molecule is CCCCCCCCCCCCCC(=O)O[C@H](COC(=O)CCCCCCCCCC)COP(=O)(O)OC[C@H](O)COP(=O)(O)OC[C@@H](COC(=O)CCCCCCCCCCCCCCCCC(C)C)OC(=O)CCCCCCCCCCCCCCCCCCCCC(C)C. The van der Waals surface area contributed by atoms with Crippen molar-refractivity contribution in [3.63, 3.8) is 0 Å². The van der Waals surface area contributed by atoms with Crippen LogP contribution in [0.25, 0.3) is 0 Å². The molecule has 0 bridgehead atoms. The quantitative estimate of drug-likeness (QED) is 0.0222. The Morgan fingerprint density at radius 1 is 0.278 bits per heavy atom. The third kappa shape index (κ3) is 72.2. The maximum Gasteiger partial charge on any atom is 0.472 e. The van der Waals surface area contributed by atoms with Crippen molar-refractivity contribution in [3.05, 3.63) is 0 Å². The lowest BCUT2D eigenvalue weighted by Crippen LogP contribution is -2.30. The molecular formula is C78H152O17P2. The highest BCUT2D eigenvalue weighted by molar-refractivity contribution is 7.47. The third-order valence-corrected chi connectivity index (χ3v) is 20.1. The maximum absolute atomic E-state index is 13.1. The van der Waals surface area contributed by atoms with E-state index in [0.29, 0.717) is 25.7 Å². The van der Waals surface area contributed by atoms with Gasteiger partial charge in [-0.1, -0.05) is 356 Å². The summed E-state index contributed by atoms with van der Waals surface area (Å²) in [4.78, 5) is 72.7. The fourth-order valence-electron chi connectivity index (χ4n) is 12.0. The second-order valence-corrected chi connectivity index (χ2v) is 32.0. The molecule has 3 N–H and O–H groups in total. The first-order chi connectivity index (χ1) is 46.9. The highest BCUT2D eigenvalue weighted by Gasteiger charge is 2.30. The Bertz CT molecular complexity index is 1870. The van der Waals surface area contributed by atoms with E-state index in [1.54, 1.807) is 0 Å². The van der Waals surface area contributed by atoms with Crippen LogP contribution < -0.4 is 0 Å². The van der Waals surface area contributed by atoms with Gasteiger partial charge in [-0.25, -0.2) is 9.13 Å². The molecule has 0 amide bonds. The van der Waals surface area contributed by atoms with Crippen LogP contribution in [0, 0.1) is 11.8 Å². The summed E-state index contributed by atoms with van der Waals surface area (Å²) in [7, 11) is -9.91. The summed E-state index contributed by atoms with van der Waals surface area (Å²) < 4.78 is 68.5. The molecule has 5 atom stereocenters. The number of carbonyl (C=O) groups is 4. The molecule has 0 rings (SSSR count). The lowest BCUT2D eigenvalue weighted by molar-refractivity contribution is -0.161. The molecular weight excluding hydrogens is 1270 g/mol. The minimum Gasteiger partial charge on any atom is -0.462 e. The molecule has 0 heterocycles. The monoisotopic (exact) mass is 1420 g/mol. The van der Waals surface area contributed by atoms with Crippen molar-refractivity contribution in [3.8, 4) is 0 Å². The summed E-state index contributed by atoms with van der Waals surface area (Å²) in [5, 5.41) is 10.6. The average molecular weight is 1420 g/mol. The largest absolute Gasteiger partial charge is 0.472 e. The predicted molar refractivity (Wildman–Crippen MR) is 395 cm³/mol. The average Bonchev–Trinajstić information content (AvgIpc) is 1.88. The van der Waals surface area contributed by atoms with E-state index in [0.717, 1.165) is 108 Å². The van der Waals surface area contributed by atoms with E-state index >= 15 is 0 Å². The van der Waals surface area contributed by atoms with E-state index in [-0.39, 0.29) is 25.7 Å². The standard InChI is InChI=1S/C78H152O17P2/c1-7-9-11-13-15-17-30-38-44-50-56-62-77(82)94-73(66-88-75(80)60-54-48-42-16-14-12-10-8-2)68-92-96(84,85)90-64-72(79)65-91-97(86,87)93-69-74(67-89-76(81)61-55-49-43-37-33-28-25-24-27-32-36-41-47-53-59-71(5)6)95-78(83)63-57-51-45-39-34-29-23-21-19-18-20-22-26-31-35-40-46-52-58-70(3)4/h70-74,79H,7-69H2,1-6H3,(H,84,85)(H,86,87)/t72-,73+,74+/m0/s1. The van der Waals surface area contributed by atoms with Crippen molar-refractivity contribution in [2.24, 2.45) is 11.8 Å². The van der Waals surface area contributed by atoms with Gasteiger partial charge in [-0.05, 0) is 37.5 Å². The molecule has 0 aromatic carbocycles. The molecule has 0 saturated heterocycles. The minimum absolute atomic E-state index is 0.107. The molecule has 0 aliphatic heterocycles. The van der Waals surface area contributed by atoms with Crippen molar-refractivity contribution < 1.29 is 80.2 Å². The van der Waals surface area contributed by atoms with Crippen LogP contribution in [0.4, 0.5) is 0 Å². The minimum atomic E-state index is -4.96.